The summed E-state index contributed by atoms with van der Waals surface area (Å²) in [6.45, 7) is 2.13. The van der Waals surface area contributed by atoms with E-state index in [0.717, 1.165) is 0 Å². The molecule has 0 aliphatic carbocycles. The molecule has 5 heteroatoms. The molecule has 0 aliphatic rings. The molecule has 0 aromatic carbocycles. The molecule has 14 heavy (non-hydrogen) atoms. The highest BCUT2D eigenvalue weighted by atomic mass is 79.9. The zero-order chi connectivity index (χ0) is 10.6. The number of ether oxygens (including phenoxy) is 1. The van der Waals surface area contributed by atoms with Crippen LogP contribution in [0.25, 0.3) is 0 Å². The van der Waals surface area contributed by atoms with Gasteiger partial charge < -0.3 is 14.9 Å². The molecule has 0 aliphatic heterocycles. The molecule has 0 fully saturated rings. The second-order valence-electron chi connectivity index (χ2n) is 2.76. The average molecular weight is 262 g/mol. The van der Waals surface area contributed by atoms with Gasteiger partial charge in [-0.05, 0) is 35.0 Å². The van der Waals surface area contributed by atoms with Crippen molar-refractivity contribution in [1.29, 1.82) is 0 Å². The van der Waals surface area contributed by atoms with E-state index in [1.54, 1.807) is 19.1 Å². The molecule has 1 heterocycles. The first-order valence-electron chi connectivity index (χ1n) is 4.30. The van der Waals surface area contributed by atoms with Gasteiger partial charge in [0.1, 0.15) is 5.76 Å². The van der Waals surface area contributed by atoms with Crippen molar-refractivity contribution < 1.29 is 13.9 Å². The summed E-state index contributed by atoms with van der Waals surface area (Å²) >= 11 is 3.16. The van der Waals surface area contributed by atoms with Crippen LogP contribution >= 0.6 is 15.9 Å². The largest absolute Gasteiger partial charge is 0.466 e. The van der Waals surface area contributed by atoms with Crippen LogP contribution in [0.15, 0.2) is 21.2 Å². The number of furan rings is 1. The first kappa shape index (κ1) is 11.3. The van der Waals surface area contributed by atoms with Crippen LogP contribution in [0.3, 0.4) is 0 Å². The highest BCUT2D eigenvalue weighted by Gasteiger charge is 2.15. The van der Waals surface area contributed by atoms with Crippen LogP contribution in [-0.2, 0) is 9.53 Å². The van der Waals surface area contributed by atoms with E-state index >= 15 is 0 Å². The number of carbonyl (C=O) groups excluding carboxylic acids is 1. The molecule has 0 radical (unpaired) electrons. The Bertz CT molecular complexity index is 311. The Kier molecular flexibility index (Phi) is 4.16. The molecular weight excluding hydrogens is 250 g/mol. The number of hydrogen-bond donors (Lipinski definition) is 1. The van der Waals surface area contributed by atoms with Crippen molar-refractivity contribution >= 4 is 21.9 Å². The minimum atomic E-state index is -0.444. The van der Waals surface area contributed by atoms with Crippen molar-refractivity contribution in [1.82, 2.24) is 0 Å². The summed E-state index contributed by atoms with van der Waals surface area (Å²) in [6, 6.07) is 3.02. The number of nitrogens with two attached hydrogens (primary N) is 1. The van der Waals surface area contributed by atoms with Gasteiger partial charge in [-0.1, -0.05) is 0 Å². The predicted octanol–water partition coefficient (Wildman–Crippen LogP) is 2.00. The molecule has 1 rings (SSSR count). The van der Waals surface area contributed by atoms with Crippen molar-refractivity contribution in [3.63, 3.8) is 0 Å². The van der Waals surface area contributed by atoms with Gasteiger partial charge in [0.05, 0.1) is 19.1 Å². The Morgan fingerprint density at radius 1 is 1.71 bits per heavy atom. The zero-order valence-corrected chi connectivity index (χ0v) is 9.41. The fourth-order valence-corrected chi connectivity index (χ4v) is 1.35. The van der Waals surface area contributed by atoms with Crippen LogP contribution in [-0.4, -0.2) is 12.6 Å². The zero-order valence-electron chi connectivity index (χ0n) is 7.83. The minimum absolute atomic E-state index is 0.133. The van der Waals surface area contributed by atoms with Crippen LogP contribution in [0.1, 0.15) is 25.1 Å². The Labute approximate surface area is 90.5 Å². The second-order valence-corrected chi connectivity index (χ2v) is 3.54. The minimum Gasteiger partial charge on any atom is -0.466 e. The van der Waals surface area contributed by atoms with Gasteiger partial charge in [0.25, 0.3) is 0 Å². The SMILES string of the molecule is CCOC(=O)C[C@H](N)c1ccc(Br)o1. The summed E-state index contributed by atoms with van der Waals surface area (Å²) in [5.41, 5.74) is 5.72. The van der Waals surface area contributed by atoms with Crippen molar-refractivity contribution in [2.24, 2.45) is 5.73 Å². The summed E-state index contributed by atoms with van der Waals surface area (Å²) in [5.74, 6) is 0.262. The van der Waals surface area contributed by atoms with Gasteiger partial charge in [0.15, 0.2) is 4.67 Å². The van der Waals surface area contributed by atoms with Gasteiger partial charge in [-0.15, -0.1) is 0 Å². The van der Waals surface area contributed by atoms with E-state index in [-0.39, 0.29) is 12.4 Å². The Morgan fingerprint density at radius 2 is 2.43 bits per heavy atom. The van der Waals surface area contributed by atoms with Crippen LogP contribution in [0.2, 0.25) is 0 Å². The van der Waals surface area contributed by atoms with E-state index < -0.39 is 6.04 Å². The maximum absolute atomic E-state index is 11.1. The molecule has 0 amide bonds. The third kappa shape index (κ3) is 3.16. The van der Waals surface area contributed by atoms with Crippen LogP contribution < -0.4 is 5.73 Å². The molecule has 4 nitrogen and oxygen atoms in total. The van der Waals surface area contributed by atoms with Gasteiger partial charge in [-0.25, -0.2) is 0 Å². The topological polar surface area (TPSA) is 65.5 Å². The lowest BCUT2D eigenvalue weighted by atomic mass is 10.2. The summed E-state index contributed by atoms with van der Waals surface area (Å²) < 4.78 is 10.6. The third-order valence-corrected chi connectivity index (χ3v) is 2.08. The van der Waals surface area contributed by atoms with Gasteiger partial charge in [-0.2, -0.15) is 0 Å². The molecule has 0 unspecified atom stereocenters. The Hall–Kier alpha value is -0.810. The summed E-state index contributed by atoms with van der Waals surface area (Å²) in [6.07, 6.45) is 0.133. The molecule has 1 aromatic heterocycles. The lowest BCUT2D eigenvalue weighted by molar-refractivity contribution is -0.143. The van der Waals surface area contributed by atoms with E-state index in [4.69, 9.17) is 14.9 Å². The van der Waals surface area contributed by atoms with Gasteiger partial charge in [0.2, 0.25) is 0 Å². The lowest BCUT2D eigenvalue weighted by Gasteiger charge is -2.07. The van der Waals surface area contributed by atoms with Gasteiger partial charge in [-0.3, -0.25) is 4.79 Å². The van der Waals surface area contributed by atoms with Crippen LogP contribution in [0.4, 0.5) is 0 Å². The van der Waals surface area contributed by atoms with Crippen LogP contribution in [0.5, 0.6) is 0 Å². The molecule has 1 aromatic rings. The predicted molar refractivity (Wildman–Crippen MR) is 54.6 cm³/mol. The first-order valence-corrected chi connectivity index (χ1v) is 5.09. The normalized spacial score (nSPS) is 12.5. The van der Waals surface area contributed by atoms with Crippen molar-refractivity contribution in [2.45, 2.75) is 19.4 Å². The summed E-state index contributed by atoms with van der Waals surface area (Å²) in [7, 11) is 0. The maximum Gasteiger partial charge on any atom is 0.307 e. The van der Waals surface area contributed by atoms with E-state index in [1.165, 1.54) is 0 Å². The van der Waals surface area contributed by atoms with Gasteiger partial charge >= 0.3 is 5.97 Å². The van der Waals surface area contributed by atoms with E-state index in [1.807, 2.05) is 0 Å². The van der Waals surface area contributed by atoms with E-state index in [0.29, 0.717) is 17.0 Å². The Morgan fingerprint density at radius 3 is 2.93 bits per heavy atom. The quantitative estimate of drug-likeness (QED) is 0.843. The molecule has 0 saturated heterocycles. The molecule has 1 atom stereocenters. The Balaban J connectivity index is 2.50. The number of carbonyl (C=O) groups is 1. The molecule has 78 valence electrons. The van der Waals surface area contributed by atoms with Gasteiger partial charge in [0, 0.05) is 0 Å². The number of rotatable bonds is 4. The highest BCUT2D eigenvalue weighted by molar-refractivity contribution is 9.10. The second kappa shape index (κ2) is 5.17. The summed E-state index contributed by atoms with van der Waals surface area (Å²) in [4.78, 5) is 11.1. The third-order valence-electron chi connectivity index (χ3n) is 1.65. The monoisotopic (exact) mass is 261 g/mol. The maximum atomic E-state index is 11.1. The van der Waals surface area contributed by atoms with E-state index in [9.17, 15) is 4.79 Å². The fraction of sp³-hybridized carbons (Fsp3) is 0.444. The van der Waals surface area contributed by atoms with E-state index in [2.05, 4.69) is 15.9 Å². The fourth-order valence-electron chi connectivity index (χ4n) is 1.03. The van der Waals surface area contributed by atoms with Crippen molar-refractivity contribution in [3.05, 3.63) is 22.6 Å². The smallest absolute Gasteiger partial charge is 0.307 e. The van der Waals surface area contributed by atoms with Crippen LogP contribution in [0, 0.1) is 0 Å². The highest BCUT2D eigenvalue weighted by Crippen LogP contribution is 2.21. The molecule has 0 spiro atoms. The summed E-state index contributed by atoms with van der Waals surface area (Å²) in [5, 5.41) is 0. The van der Waals surface area contributed by atoms with Crippen molar-refractivity contribution in [2.75, 3.05) is 6.61 Å². The lowest BCUT2D eigenvalue weighted by Crippen LogP contribution is -2.16. The molecule has 2 N–H and O–H groups in total. The number of halogens is 1. The first-order chi connectivity index (χ1) is 6.63. The molecule has 0 saturated carbocycles. The molecule has 0 bridgehead atoms. The average Bonchev–Trinajstić information content (AvgIpc) is 2.52. The number of hydrogen-bond acceptors (Lipinski definition) is 4. The number of esters is 1. The standard InChI is InChI=1S/C9H12BrNO3/c1-2-13-9(12)5-6(11)7-3-4-8(10)14-7/h3-4,6H,2,5,11H2,1H3/t6-/m0/s1. The molecular formula is C9H12BrNO3. The van der Waals surface area contributed by atoms with Crippen molar-refractivity contribution in [3.8, 4) is 0 Å².